The van der Waals surface area contributed by atoms with Crippen molar-refractivity contribution in [2.24, 2.45) is 5.92 Å². The number of rotatable bonds is 5. The minimum absolute atomic E-state index is 0.0257. The van der Waals surface area contributed by atoms with Gasteiger partial charge in [0, 0.05) is 18.8 Å². The van der Waals surface area contributed by atoms with Crippen LogP contribution in [0.4, 0.5) is 5.82 Å². The number of halogens is 1. The van der Waals surface area contributed by atoms with Crippen LogP contribution in [0.2, 0.25) is 5.02 Å². The summed E-state index contributed by atoms with van der Waals surface area (Å²) in [6.45, 7) is 5.10. The van der Waals surface area contributed by atoms with Crippen molar-refractivity contribution in [2.45, 2.75) is 39.2 Å². The van der Waals surface area contributed by atoms with Gasteiger partial charge in [-0.3, -0.25) is 4.79 Å². The van der Waals surface area contributed by atoms with E-state index in [1.807, 2.05) is 4.90 Å². The maximum absolute atomic E-state index is 12.6. The molecule has 0 bridgehead atoms. The maximum Gasteiger partial charge on any atom is 0.255 e. The molecular formula is C14H20ClN3O. The summed E-state index contributed by atoms with van der Waals surface area (Å²) < 4.78 is 0. The number of anilines is 1. The highest BCUT2D eigenvalue weighted by Gasteiger charge is 2.33. The molecule has 1 aliphatic rings. The van der Waals surface area contributed by atoms with E-state index in [9.17, 15) is 4.79 Å². The van der Waals surface area contributed by atoms with Crippen LogP contribution in [-0.4, -0.2) is 28.4 Å². The summed E-state index contributed by atoms with van der Waals surface area (Å²) in [7, 11) is 0. The van der Waals surface area contributed by atoms with E-state index in [2.05, 4.69) is 18.8 Å². The number of carbonyl (C=O) groups is 1. The molecular weight excluding hydrogens is 262 g/mol. The molecule has 5 heteroatoms. The second kappa shape index (κ2) is 5.78. The van der Waals surface area contributed by atoms with Crippen molar-refractivity contribution < 1.29 is 4.79 Å². The molecule has 1 aromatic rings. The summed E-state index contributed by atoms with van der Waals surface area (Å²) in [5.41, 5.74) is 6.10. The molecule has 0 radical (unpaired) electrons. The molecule has 0 aliphatic heterocycles. The average molecular weight is 282 g/mol. The number of hydrogen-bond donors (Lipinski definition) is 1. The number of nitrogen functional groups attached to an aromatic ring is 1. The first-order valence-electron chi connectivity index (χ1n) is 6.71. The lowest BCUT2D eigenvalue weighted by molar-refractivity contribution is 0.0735. The molecule has 1 heterocycles. The third kappa shape index (κ3) is 3.60. The van der Waals surface area contributed by atoms with Gasteiger partial charge in [-0.1, -0.05) is 25.4 Å². The molecule has 1 amide bonds. The maximum atomic E-state index is 12.6. The summed E-state index contributed by atoms with van der Waals surface area (Å²) in [5.74, 6) is 0.877. The van der Waals surface area contributed by atoms with E-state index in [0.29, 0.717) is 28.4 Å². The molecule has 2 N–H and O–H groups in total. The zero-order valence-corrected chi connectivity index (χ0v) is 12.2. The molecule has 2 rings (SSSR count). The quantitative estimate of drug-likeness (QED) is 0.903. The molecule has 1 fully saturated rings. The third-order valence-corrected chi connectivity index (χ3v) is 3.60. The van der Waals surface area contributed by atoms with Crippen molar-refractivity contribution in [3.8, 4) is 0 Å². The Hall–Kier alpha value is -1.29. The number of carbonyl (C=O) groups excluding carboxylic acids is 1. The lowest BCUT2D eigenvalue weighted by atomic mass is 10.1. The Bertz CT molecular complexity index is 472. The molecule has 0 atom stereocenters. The van der Waals surface area contributed by atoms with Crippen LogP contribution in [0.15, 0.2) is 12.3 Å². The lowest BCUT2D eigenvalue weighted by Gasteiger charge is -2.24. The van der Waals surface area contributed by atoms with Gasteiger partial charge in [0.2, 0.25) is 0 Å². The lowest BCUT2D eigenvalue weighted by Crippen LogP contribution is -2.34. The second-order valence-corrected chi connectivity index (χ2v) is 5.91. The Kier molecular flexibility index (Phi) is 4.30. The van der Waals surface area contributed by atoms with Crippen LogP contribution >= 0.6 is 11.6 Å². The number of amides is 1. The highest BCUT2D eigenvalue weighted by Crippen LogP contribution is 2.30. The molecule has 4 nitrogen and oxygen atoms in total. The predicted molar refractivity (Wildman–Crippen MR) is 77.2 cm³/mol. The van der Waals surface area contributed by atoms with Gasteiger partial charge in [0.25, 0.3) is 5.91 Å². The summed E-state index contributed by atoms with van der Waals surface area (Å²) in [5, 5.41) is 0.370. The van der Waals surface area contributed by atoms with Crippen LogP contribution < -0.4 is 5.73 Å². The van der Waals surface area contributed by atoms with Crippen molar-refractivity contribution in [3.63, 3.8) is 0 Å². The van der Waals surface area contributed by atoms with Gasteiger partial charge in [0.15, 0.2) is 0 Å². The topological polar surface area (TPSA) is 59.2 Å². The molecule has 0 unspecified atom stereocenters. The number of pyridine rings is 1. The Balaban J connectivity index is 2.16. The third-order valence-electron chi connectivity index (χ3n) is 3.30. The van der Waals surface area contributed by atoms with E-state index in [1.165, 1.54) is 6.20 Å². The van der Waals surface area contributed by atoms with Gasteiger partial charge in [0.05, 0.1) is 10.6 Å². The van der Waals surface area contributed by atoms with Gasteiger partial charge in [-0.25, -0.2) is 4.98 Å². The summed E-state index contributed by atoms with van der Waals surface area (Å²) >= 11 is 6.06. The fourth-order valence-corrected chi connectivity index (χ4v) is 2.19. The summed E-state index contributed by atoms with van der Waals surface area (Å²) in [4.78, 5) is 18.4. The highest BCUT2D eigenvalue weighted by molar-refractivity contribution is 6.33. The number of hydrogen-bond acceptors (Lipinski definition) is 3. The fourth-order valence-electron chi connectivity index (χ4n) is 2.01. The van der Waals surface area contributed by atoms with Gasteiger partial charge in [0.1, 0.15) is 5.82 Å². The molecule has 1 aromatic heterocycles. The van der Waals surface area contributed by atoms with E-state index < -0.39 is 0 Å². The van der Waals surface area contributed by atoms with E-state index in [-0.39, 0.29) is 5.91 Å². The van der Waals surface area contributed by atoms with Crippen molar-refractivity contribution in [3.05, 3.63) is 22.8 Å². The van der Waals surface area contributed by atoms with Crippen LogP contribution in [0.25, 0.3) is 0 Å². The molecule has 0 aromatic carbocycles. The second-order valence-electron chi connectivity index (χ2n) is 5.50. The van der Waals surface area contributed by atoms with Crippen LogP contribution in [0.1, 0.15) is 43.5 Å². The Morgan fingerprint density at radius 3 is 2.84 bits per heavy atom. The van der Waals surface area contributed by atoms with Crippen molar-refractivity contribution >= 4 is 23.3 Å². The Morgan fingerprint density at radius 1 is 1.58 bits per heavy atom. The highest BCUT2D eigenvalue weighted by atomic mass is 35.5. The molecule has 1 saturated carbocycles. The van der Waals surface area contributed by atoms with Gasteiger partial charge in [-0.15, -0.1) is 0 Å². The minimum Gasteiger partial charge on any atom is -0.384 e. The fraction of sp³-hybridized carbons (Fsp3) is 0.571. The predicted octanol–water partition coefficient (Wildman–Crippen LogP) is 2.97. The van der Waals surface area contributed by atoms with E-state index >= 15 is 0 Å². The van der Waals surface area contributed by atoms with E-state index in [0.717, 1.165) is 25.8 Å². The first-order valence-corrected chi connectivity index (χ1v) is 7.09. The average Bonchev–Trinajstić information content (AvgIpc) is 3.16. The van der Waals surface area contributed by atoms with E-state index in [1.54, 1.807) is 6.07 Å². The first kappa shape index (κ1) is 14.1. The van der Waals surface area contributed by atoms with Crippen LogP contribution in [0.5, 0.6) is 0 Å². The zero-order chi connectivity index (χ0) is 14.0. The van der Waals surface area contributed by atoms with Crippen LogP contribution in [0, 0.1) is 5.92 Å². The molecule has 1 aliphatic carbocycles. The van der Waals surface area contributed by atoms with Crippen LogP contribution in [0.3, 0.4) is 0 Å². The normalized spacial score (nSPS) is 14.7. The number of nitrogens with two attached hydrogens (primary N) is 1. The Morgan fingerprint density at radius 2 is 2.26 bits per heavy atom. The first-order chi connectivity index (χ1) is 8.99. The van der Waals surface area contributed by atoms with Crippen molar-refractivity contribution in [2.75, 3.05) is 12.3 Å². The molecule has 0 spiro atoms. The molecule has 19 heavy (non-hydrogen) atoms. The van der Waals surface area contributed by atoms with Gasteiger partial charge in [-0.2, -0.15) is 0 Å². The number of aromatic nitrogens is 1. The smallest absolute Gasteiger partial charge is 0.255 e. The summed E-state index contributed by atoms with van der Waals surface area (Å²) in [6, 6.07) is 1.94. The van der Waals surface area contributed by atoms with Crippen molar-refractivity contribution in [1.82, 2.24) is 9.88 Å². The monoisotopic (exact) mass is 281 g/mol. The number of nitrogens with zero attached hydrogens (tertiary/aromatic N) is 2. The standard InChI is InChI=1S/C14H20ClN3O/c1-9(2)5-6-18(10-3-4-10)14(19)11-7-13(16)17-8-12(11)15/h7-10H,3-6H2,1-2H3,(H2,16,17). The van der Waals surface area contributed by atoms with Crippen LogP contribution in [-0.2, 0) is 0 Å². The minimum atomic E-state index is -0.0257. The van der Waals surface area contributed by atoms with Gasteiger partial charge in [-0.05, 0) is 31.2 Å². The Labute approximate surface area is 118 Å². The van der Waals surface area contributed by atoms with Crippen molar-refractivity contribution in [1.29, 1.82) is 0 Å². The van der Waals surface area contributed by atoms with E-state index in [4.69, 9.17) is 17.3 Å². The van der Waals surface area contributed by atoms with Gasteiger partial charge < -0.3 is 10.6 Å². The largest absolute Gasteiger partial charge is 0.384 e. The molecule has 104 valence electrons. The SMILES string of the molecule is CC(C)CCN(C(=O)c1cc(N)ncc1Cl)C1CC1. The van der Waals surface area contributed by atoms with Gasteiger partial charge >= 0.3 is 0 Å². The molecule has 0 saturated heterocycles. The summed E-state index contributed by atoms with van der Waals surface area (Å²) in [6.07, 6.45) is 4.61. The zero-order valence-electron chi connectivity index (χ0n) is 11.4.